The second-order valence-electron chi connectivity index (χ2n) is 9.44. The van der Waals surface area contributed by atoms with Gasteiger partial charge in [0.05, 0.1) is 5.56 Å². The van der Waals surface area contributed by atoms with Gasteiger partial charge in [-0.25, -0.2) is 4.98 Å². The zero-order chi connectivity index (χ0) is 25.2. The van der Waals surface area contributed by atoms with Crippen LogP contribution in [0.4, 0.5) is 19.0 Å². The van der Waals surface area contributed by atoms with Gasteiger partial charge in [-0.05, 0) is 56.9 Å². The molecule has 2 aliphatic rings. The summed E-state index contributed by atoms with van der Waals surface area (Å²) in [5, 5.41) is 11.4. The normalized spacial score (nSPS) is 19.4. The zero-order valence-electron chi connectivity index (χ0n) is 19.7. The minimum Gasteiger partial charge on any atom is -0.367 e. The van der Waals surface area contributed by atoms with Gasteiger partial charge in [0.25, 0.3) is 11.5 Å². The van der Waals surface area contributed by atoms with E-state index in [9.17, 15) is 22.8 Å². The quantitative estimate of drug-likeness (QED) is 0.518. The Kier molecular flexibility index (Phi) is 7.28. The third-order valence-electron chi connectivity index (χ3n) is 6.81. The molecule has 2 aromatic rings. The first-order valence-corrected chi connectivity index (χ1v) is 12.1. The molecule has 1 amide bonds. The fraction of sp³-hybridized carbons (Fsp3) is 0.520. The fourth-order valence-corrected chi connectivity index (χ4v) is 4.95. The number of carbonyl (C=O) groups excluding carboxylic acids is 1. The molecule has 0 bridgehead atoms. The van der Waals surface area contributed by atoms with Crippen LogP contribution in [0.1, 0.15) is 85.1 Å². The number of likely N-dealkylation sites (tertiary alicyclic amines) is 1. The minimum atomic E-state index is -4.46. The number of nitrogens with one attached hydrogen (secondary N) is 3. The largest absolute Gasteiger partial charge is 0.416 e. The van der Waals surface area contributed by atoms with Crippen molar-refractivity contribution < 1.29 is 18.0 Å². The lowest BCUT2D eigenvalue weighted by Gasteiger charge is -2.33. The van der Waals surface area contributed by atoms with Crippen LogP contribution in [-0.4, -0.2) is 45.6 Å². The molecule has 1 aromatic heterocycles. The average molecular weight is 490 g/mol. The molecule has 0 radical (unpaired) electrons. The van der Waals surface area contributed by atoms with Gasteiger partial charge < -0.3 is 20.6 Å². The van der Waals surface area contributed by atoms with Crippen molar-refractivity contribution in [1.29, 1.82) is 5.41 Å². The lowest BCUT2D eigenvalue weighted by atomic mass is 9.95. The third-order valence-corrected chi connectivity index (χ3v) is 6.81. The molecule has 7 nitrogen and oxygen atoms in total. The summed E-state index contributed by atoms with van der Waals surface area (Å²) < 4.78 is 38.6. The van der Waals surface area contributed by atoms with Crippen molar-refractivity contribution in [2.75, 3.05) is 18.4 Å². The second-order valence-corrected chi connectivity index (χ2v) is 9.44. The number of alkyl halides is 3. The van der Waals surface area contributed by atoms with E-state index in [1.54, 1.807) is 11.8 Å². The molecule has 2 fully saturated rings. The zero-order valence-corrected chi connectivity index (χ0v) is 19.7. The number of nitrogens with zero attached hydrogens (tertiary/aromatic N) is 2. The molecule has 1 saturated heterocycles. The first kappa shape index (κ1) is 24.9. The van der Waals surface area contributed by atoms with E-state index in [0.717, 1.165) is 37.8 Å². The highest BCUT2D eigenvalue weighted by Crippen LogP contribution is 2.30. The summed E-state index contributed by atoms with van der Waals surface area (Å²) in [6, 6.07) is 4.42. The van der Waals surface area contributed by atoms with Crippen molar-refractivity contribution >= 4 is 17.4 Å². The van der Waals surface area contributed by atoms with E-state index >= 15 is 0 Å². The number of anilines is 1. The predicted molar refractivity (Wildman–Crippen MR) is 127 cm³/mol. The van der Waals surface area contributed by atoms with Crippen molar-refractivity contribution in [2.45, 2.75) is 70.0 Å². The van der Waals surface area contributed by atoms with E-state index in [2.05, 4.69) is 10.3 Å². The van der Waals surface area contributed by atoms with Crippen LogP contribution in [-0.2, 0) is 6.18 Å². The Morgan fingerprint density at radius 1 is 1.11 bits per heavy atom. The summed E-state index contributed by atoms with van der Waals surface area (Å²) >= 11 is 0. The Balaban J connectivity index is 1.55. The predicted octanol–water partition coefficient (Wildman–Crippen LogP) is 4.94. The maximum Gasteiger partial charge on any atom is 0.416 e. The maximum atomic E-state index is 13.0. The van der Waals surface area contributed by atoms with Gasteiger partial charge >= 0.3 is 6.18 Å². The molecule has 1 aromatic carbocycles. The van der Waals surface area contributed by atoms with Gasteiger partial charge in [-0.1, -0.05) is 19.3 Å². The van der Waals surface area contributed by atoms with E-state index in [0.29, 0.717) is 37.6 Å². The van der Waals surface area contributed by atoms with Crippen LogP contribution in [0.2, 0.25) is 0 Å². The lowest BCUT2D eigenvalue weighted by Crippen LogP contribution is -2.40. The Hall–Kier alpha value is -3.17. The van der Waals surface area contributed by atoms with Crippen LogP contribution in [0.5, 0.6) is 0 Å². The van der Waals surface area contributed by atoms with Gasteiger partial charge in [-0.3, -0.25) is 9.59 Å². The SMILES string of the molecule is CC(=N)c1c(NC2CCCCC2)nc(C2CCCN(C(=O)c3ccc(C(F)(F)F)cc3)C2)[nH]c1=O. The van der Waals surface area contributed by atoms with Crippen LogP contribution >= 0.6 is 0 Å². The van der Waals surface area contributed by atoms with Crippen LogP contribution < -0.4 is 10.9 Å². The van der Waals surface area contributed by atoms with E-state index in [1.165, 1.54) is 18.6 Å². The lowest BCUT2D eigenvalue weighted by molar-refractivity contribution is -0.137. The standard InChI is InChI=1S/C25H30F3N5O2/c1-15(29)20-22(30-19-7-3-2-4-8-19)31-21(32-23(20)34)17-6-5-13-33(14-17)24(35)16-9-11-18(12-10-16)25(26,27)28/h9-12,17,19,29H,2-8,13-14H2,1H3,(H2,30,31,32,34). The fourth-order valence-electron chi connectivity index (χ4n) is 4.95. The summed E-state index contributed by atoms with van der Waals surface area (Å²) in [4.78, 5) is 35.0. The Labute approximate surface area is 201 Å². The van der Waals surface area contributed by atoms with Crippen LogP contribution in [0.15, 0.2) is 29.1 Å². The van der Waals surface area contributed by atoms with Crippen molar-refractivity contribution in [3.05, 3.63) is 57.1 Å². The number of aromatic nitrogens is 2. The van der Waals surface area contributed by atoms with E-state index in [-0.39, 0.29) is 40.3 Å². The molecule has 2 heterocycles. The van der Waals surface area contributed by atoms with Gasteiger partial charge in [-0.15, -0.1) is 0 Å². The Morgan fingerprint density at radius 3 is 2.43 bits per heavy atom. The average Bonchev–Trinajstić information content (AvgIpc) is 2.83. The van der Waals surface area contributed by atoms with E-state index < -0.39 is 11.7 Å². The number of halogens is 3. The van der Waals surface area contributed by atoms with E-state index in [1.807, 2.05) is 0 Å². The van der Waals surface area contributed by atoms with Gasteiger partial charge in [0.2, 0.25) is 0 Å². The number of aromatic amines is 1. The number of H-pyrrole nitrogens is 1. The number of piperidine rings is 1. The highest BCUT2D eigenvalue weighted by molar-refractivity contribution is 6.00. The first-order chi connectivity index (χ1) is 16.6. The molecule has 188 valence electrons. The molecule has 1 aliphatic carbocycles. The van der Waals surface area contributed by atoms with Gasteiger partial charge in [0, 0.05) is 36.3 Å². The number of rotatable bonds is 5. The maximum absolute atomic E-state index is 13.0. The summed E-state index contributed by atoms with van der Waals surface area (Å²) in [6.07, 6.45) is 2.31. The number of carbonyl (C=O) groups is 1. The van der Waals surface area contributed by atoms with Gasteiger partial charge in [0.15, 0.2) is 0 Å². The van der Waals surface area contributed by atoms with Crippen LogP contribution in [0.25, 0.3) is 0 Å². The molecule has 0 spiro atoms. The summed E-state index contributed by atoms with van der Waals surface area (Å²) in [5.41, 5.74) is -0.632. The Morgan fingerprint density at radius 2 is 1.80 bits per heavy atom. The van der Waals surface area contributed by atoms with Crippen molar-refractivity contribution in [3.63, 3.8) is 0 Å². The van der Waals surface area contributed by atoms with Crippen LogP contribution in [0.3, 0.4) is 0 Å². The third kappa shape index (κ3) is 5.74. The number of hydrogen-bond acceptors (Lipinski definition) is 5. The van der Waals surface area contributed by atoms with Gasteiger partial charge in [-0.2, -0.15) is 13.2 Å². The molecule has 1 unspecified atom stereocenters. The van der Waals surface area contributed by atoms with Crippen molar-refractivity contribution in [3.8, 4) is 0 Å². The number of amides is 1. The van der Waals surface area contributed by atoms with Crippen molar-refractivity contribution in [2.24, 2.45) is 0 Å². The molecule has 1 aliphatic heterocycles. The number of hydrogen-bond donors (Lipinski definition) is 3. The number of benzene rings is 1. The topological polar surface area (TPSA) is 102 Å². The summed E-state index contributed by atoms with van der Waals surface area (Å²) in [5.74, 6) is 0.303. The molecule has 3 N–H and O–H groups in total. The highest BCUT2D eigenvalue weighted by Gasteiger charge is 2.32. The second kappa shape index (κ2) is 10.2. The van der Waals surface area contributed by atoms with E-state index in [4.69, 9.17) is 10.4 Å². The highest BCUT2D eigenvalue weighted by atomic mass is 19.4. The summed E-state index contributed by atoms with van der Waals surface area (Å²) in [7, 11) is 0. The molecular formula is C25H30F3N5O2. The molecule has 4 rings (SSSR count). The smallest absolute Gasteiger partial charge is 0.367 e. The molecular weight excluding hydrogens is 459 g/mol. The van der Waals surface area contributed by atoms with Crippen LogP contribution in [0, 0.1) is 5.41 Å². The van der Waals surface area contributed by atoms with Crippen molar-refractivity contribution in [1.82, 2.24) is 14.9 Å². The Bertz CT molecular complexity index is 1140. The summed E-state index contributed by atoms with van der Waals surface area (Å²) in [6.45, 7) is 2.34. The molecule has 35 heavy (non-hydrogen) atoms. The van der Waals surface area contributed by atoms with Gasteiger partial charge in [0.1, 0.15) is 17.2 Å². The molecule has 10 heteroatoms. The monoisotopic (exact) mass is 489 g/mol. The minimum absolute atomic E-state index is 0.131. The molecule has 1 atom stereocenters. The molecule has 1 saturated carbocycles. The first-order valence-electron chi connectivity index (χ1n) is 12.1.